The highest BCUT2D eigenvalue weighted by Gasteiger charge is 2.25. The third-order valence-electron chi connectivity index (χ3n) is 5.09. The van der Waals surface area contributed by atoms with Crippen molar-refractivity contribution >= 4 is 16.7 Å². The molecule has 1 aliphatic heterocycles. The summed E-state index contributed by atoms with van der Waals surface area (Å²) in [7, 11) is -1.31. The lowest BCUT2D eigenvalue weighted by atomic mass is 9.87. The average molecular weight is 404 g/mol. The van der Waals surface area contributed by atoms with Crippen molar-refractivity contribution in [3.05, 3.63) is 95.6 Å². The van der Waals surface area contributed by atoms with E-state index in [4.69, 9.17) is 9.73 Å². The SMILES string of the molecule is CC(C)(C)c1ccc([S@](=O)c2ccccc2C2=N[C@H](c3ccccc3)CO2)cc1. The third kappa shape index (κ3) is 4.18. The van der Waals surface area contributed by atoms with Gasteiger partial charge in [-0.25, -0.2) is 9.20 Å². The first-order valence-electron chi connectivity index (χ1n) is 9.81. The molecule has 0 aliphatic carbocycles. The van der Waals surface area contributed by atoms with E-state index in [0.717, 1.165) is 20.9 Å². The van der Waals surface area contributed by atoms with Gasteiger partial charge in [0, 0.05) is 4.90 Å². The molecule has 1 heterocycles. The second kappa shape index (κ2) is 7.96. The lowest BCUT2D eigenvalue weighted by Gasteiger charge is -2.19. The number of hydrogen-bond donors (Lipinski definition) is 0. The molecule has 0 bridgehead atoms. The molecule has 3 aromatic carbocycles. The number of hydrogen-bond acceptors (Lipinski definition) is 3. The number of ether oxygens (including phenoxy) is 1. The van der Waals surface area contributed by atoms with Gasteiger partial charge >= 0.3 is 0 Å². The Kier molecular flexibility index (Phi) is 5.37. The molecule has 0 fully saturated rings. The van der Waals surface area contributed by atoms with Crippen molar-refractivity contribution in [1.82, 2.24) is 0 Å². The molecule has 0 spiro atoms. The maximum absolute atomic E-state index is 13.3. The van der Waals surface area contributed by atoms with Gasteiger partial charge in [0.2, 0.25) is 5.90 Å². The van der Waals surface area contributed by atoms with Gasteiger partial charge in [-0.1, -0.05) is 75.4 Å². The maximum Gasteiger partial charge on any atom is 0.218 e. The minimum Gasteiger partial charge on any atom is -0.475 e. The van der Waals surface area contributed by atoms with Gasteiger partial charge in [0.25, 0.3) is 0 Å². The summed E-state index contributed by atoms with van der Waals surface area (Å²) < 4.78 is 19.2. The van der Waals surface area contributed by atoms with Crippen LogP contribution in [0.4, 0.5) is 0 Å². The molecule has 4 rings (SSSR count). The van der Waals surface area contributed by atoms with Crippen molar-refractivity contribution in [2.45, 2.75) is 42.0 Å². The largest absolute Gasteiger partial charge is 0.475 e. The van der Waals surface area contributed by atoms with E-state index in [1.165, 1.54) is 5.56 Å². The first-order chi connectivity index (χ1) is 13.9. The van der Waals surface area contributed by atoms with E-state index < -0.39 is 10.8 Å². The lowest BCUT2D eigenvalue weighted by Crippen LogP contribution is -2.11. The smallest absolute Gasteiger partial charge is 0.218 e. The average Bonchev–Trinajstić information content (AvgIpc) is 3.23. The van der Waals surface area contributed by atoms with Gasteiger partial charge in [-0.05, 0) is 40.8 Å². The fourth-order valence-electron chi connectivity index (χ4n) is 3.38. The van der Waals surface area contributed by atoms with Crippen molar-refractivity contribution in [2.75, 3.05) is 6.61 Å². The van der Waals surface area contributed by atoms with Crippen LogP contribution in [0.1, 0.15) is 43.5 Å². The Labute approximate surface area is 174 Å². The van der Waals surface area contributed by atoms with E-state index in [9.17, 15) is 4.21 Å². The lowest BCUT2D eigenvalue weighted by molar-refractivity contribution is 0.319. The summed E-state index contributed by atoms with van der Waals surface area (Å²) in [6.45, 7) is 7.02. The molecule has 0 unspecified atom stereocenters. The first kappa shape index (κ1) is 19.6. The highest BCUT2D eigenvalue weighted by atomic mass is 32.2. The second-order valence-corrected chi connectivity index (χ2v) is 9.66. The molecule has 0 amide bonds. The Morgan fingerprint density at radius 2 is 1.55 bits per heavy atom. The number of benzene rings is 3. The number of nitrogens with zero attached hydrogens (tertiary/aromatic N) is 1. The van der Waals surface area contributed by atoms with Crippen LogP contribution in [0, 0.1) is 0 Å². The Morgan fingerprint density at radius 3 is 2.24 bits per heavy atom. The van der Waals surface area contributed by atoms with E-state index in [2.05, 4.69) is 45.0 Å². The van der Waals surface area contributed by atoms with Crippen molar-refractivity contribution in [2.24, 2.45) is 4.99 Å². The molecule has 3 nitrogen and oxygen atoms in total. The van der Waals surface area contributed by atoms with Gasteiger partial charge in [0.05, 0.1) is 21.3 Å². The fourth-order valence-corrected chi connectivity index (χ4v) is 4.57. The molecule has 2 atom stereocenters. The summed E-state index contributed by atoms with van der Waals surface area (Å²) in [5.41, 5.74) is 3.21. The van der Waals surface area contributed by atoms with E-state index in [-0.39, 0.29) is 11.5 Å². The van der Waals surface area contributed by atoms with Crippen LogP contribution in [-0.4, -0.2) is 16.7 Å². The summed E-state index contributed by atoms with van der Waals surface area (Å²) in [4.78, 5) is 6.28. The summed E-state index contributed by atoms with van der Waals surface area (Å²) in [5, 5.41) is 0. The molecule has 0 radical (unpaired) electrons. The van der Waals surface area contributed by atoms with Crippen LogP contribution >= 0.6 is 0 Å². The molecule has 3 aromatic rings. The molecule has 0 saturated carbocycles. The van der Waals surface area contributed by atoms with Gasteiger partial charge < -0.3 is 4.74 Å². The predicted octanol–water partition coefficient (Wildman–Crippen LogP) is 5.67. The zero-order valence-corrected chi connectivity index (χ0v) is 17.8. The van der Waals surface area contributed by atoms with E-state index >= 15 is 0 Å². The molecular formula is C25H25NO2S. The minimum absolute atomic E-state index is 0.0289. The third-order valence-corrected chi connectivity index (χ3v) is 6.54. The van der Waals surface area contributed by atoms with Gasteiger partial charge in [0.15, 0.2) is 0 Å². The quantitative estimate of drug-likeness (QED) is 0.563. The van der Waals surface area contributed by atoms with Crippen LogP contribution in [0.3, 0.4) is 0 Å². The Morgan fingerprint density at radius 1 is 0.897 bits per heavy atom. The second-order valence-electron chi connectivity index (χ2n) is 8.21. The molecule has 148 valence electrons. The molecule has 29 heavy (non-hydrogen) atoms. The van der Waals surface area contributed by atoms with Crippen LogP contribution < -0.4 is 0 Å². The van der Waals surface area contributed by atoms with Crippen molar-refractivity contribution in [3.8, 4) is 0 Å². The van der Waals surface area contributed by atoms with Gasteiger partial charge in [0.1, 0.15) is 12.6 Å². The molecule has 4 heteroatoms. The zero-order chi connectivity index (χ0) is 20.4. The number of aliphatic imine (C=N–C) groups is 1. The van der Waals surface area contributed by atoms with E-state index in [0.29, 0.717) is 12.5 Å². The molecule has 1 aliphatic rings. The number of rotatable bonds is 4. The van der Waals surface area contributed by atoms with Gasteiger partial charge in [-0.3, -0.25) is 0 Å². The molecule has 0 saturated heterocycles. The minimum atomic E-state index is -1.31. The monoisotopic (exact) mass is 403 g/mol. The summed E-state index contributed by atoms with van der Waals surface area (Å²) in [6.07, 6.45) is 0. The first-order valence-corrected chi connectivity index (χ1v) is 11.0. The summed E-state index contributed by atoms with van der Waals surface area (Å²) in [5.74, 6) is 0.564. The fraction of sp³-hybridized carbons (Fsp3) is 0.240. The molecule has 0 aromatic heterocycles. The zero-order valence-electron chi connectivity index (χ0n) is 17.0. The van der Waals surface area contributed by atoms with Gasteiger partial charge in [-0.2, -0.15) is 0 Å². The summed E-state index contributed by atoms with van der Waals surface area (Å²) >= 11 is 0. The Bertz CT molecular complexity index is 1050. The van der Waals surface area contributed by atoms with Crippen molar-refractivity contribution < 1.29 is 8.95 Å². The molecule has 0 N–H and O–H groups in total. The molecular weight excluding hydrogens is 378 g/mol. The van der Waals surface area contributed by atoms with Crippen molar-refractivity contribution in [1.29, 1.82) is 0 Å². The highest BCUT2D eigenvalue weighted by Crippen LogP contribution is 2.29. The van der Waals surface area contributed by atoms with Crippen LogP contribution in [-0.2, 0) is 21.0 Å². The highest BCUT2D eigenvalue weighted by molar-refractivity contribution is 7.85. The topological polar surface area (TPSA) is 38.7 Å². The van der Waals surface area contributed by atoms with E-state index in [1.807, 2.05) is 54.6 Å². The Balaban J connectivity index is 1.64. The maximum atomic E-state index is 13.3. The van der Waals surface area contributed by atoms with E-state index in [1.54, 1.807) is 0 Å². The summed E-state index contributed by atoms with van der Waals surface area (Å²) in [6, 6.07) is 25.8. The standard InChI is InChI=1S/C25H25NO2S/c1-25(2,3)19-13-15-20(16-14-19)29(27)23-12-8-7-11-21(23)24-26-22(17-28-24)18-9-5-4-6-10-18/h4-16,22H,17H2,1-3H3/t22-,29-/m0/s1. The normalized spacial score (nSPS) is 17.5. The van der Waals surface area contributed by atoms with Gasteiger partial charge in [-0.15, -0.1) is 0 Å². The van der Waals surface area contributed by atoms with Crippen molar-refractivity contribution in [3.63, 3.8) is 0 Å². The van der Waals surface area contributed by atoms with Crippen LogP contribution in [0.15, 0.2) is 93.6 Å². The Hall–Kier alpha value is -2.72. The van der Waals surface area contributed by atoms with Crippen LogP contribution in [0.2, 0.25) is 0 Å². The van der Waals surface area contributed by atoms with Crippen LogP contribution in [0.25, 0.3) is 0 Å². The predicted molar refractivity (Wildman–Crippen MR) is 118 cm³/mol. The van der Waals surface area contributed by atoms with Crippen LogP contribution in [0.5, 0.6) is 0 Å².